The number of benzene rings is 3. The summed E-state index contributed by atoms with van der Waals surface area (Å²) < 4.78 is 22.2. The van der Waals surface area contributed by atoms with Crippen molar-refractivity contribution >= 4 is 11.4 Å². The summed E-state index contributed by atoms with van der Waals surface area (Å²) in [6.45, 7) is 2.21. The molecule has 3 aromatic carbocycles. The number of hydrogen-bond donors (Lipinski definition) is 2. The van der Waals surface area contributed by atoms with E-state index >= 15 is 0 Å². The molecule has 0 bridgehead atoms. The molecule has 6 nitrogen and oxygen atoms in total. The van der Waals surface area contributed by atoms with Crippen molar-refractivity contribution in [2.24, 2.45) is 0 Å². The van der Waals surface area contributed by atoms with E-state index in [9.17, 15) is 0 Å². The van der Waals surface area contributed by atoms with E-state index in [1.54, 1.807) is 28.4 Å². The number of hydrogen-bond acceptors (Lipinski definition) is 6. The molecular formula is C26H30N2O4. The number of nitrogens with one attached hydrogen (secondary N) is 2. The largest absolute Gasteiger partial charge is 0.497 e. The van der Waals surface area contributed by atoms with Gasteiger partial charge in [-0.15, -0.1) is 0 Å². The fraction of sp³-hybridized carbons (Fsp3) is 0.308. The van der Waals surface area contributed by atoms with Crippen LogP contribution in [0.25, 0.3) is 0 Å². The van der Waals surface area contributed by atoms with E-state index in [1.165, 1.54) is 0 Å². The summed E-state index contributed by atoms with van der Waals surface area (Å²) in [6.07, 6.45) is 0.764. The fourth-order valence-corrected chi connectivity index (χ4v) is 4.38. The SMILES string of the molecule is COc1ccc(C2CC(C)(c3ccc(OC)c(OC)c3)Nc3ccccc3N2)c(OC)c1. The van der Waals surface area contributed by atoms with Gasteiger partial charge < -0.3 is 29.6 Å². The van der Waals surface area contributed by atoms with E-state index in [4.69, 9.17) is 18.9 Å². The fourth-order valence-electron chi connectivity index (χ4n) is 4.38. The molecule has 0 aliphatic carbocycles. The lowest BCUT2D eigenvalue weighted by Crippen LogP contribution is -2.33. The average Bonchev–Trinajstić information content (AvgIpc) is 2.99. The van der Waals surface area contributed by atoms with Crippen molar-refractivity contribution in [3.05, 3.63) is 71.8 Å². The molecule has 2 atom stereocenters. The zero-order valence-corrected chi connectivity index (χ0v) is 19.2. The highest BCUT2D eigenvalue weighted by Crippen LogP contribution is 2.46. The maximum atomic E-state index is 5.73. The lowest BCUT2D eigenvalue weighted by Gasteiger charge is -2.34. The number of methoxy groups -OCH3 is 4. The molecule has 1 aliphatic rings. The van der Waals surface area contributed by atoms with Crippen LogP contribution in [0.3, 0.4) is 0 Å². The van der Waals surface area contributed by atoms with Crippen LogP contribution < -0.4 is 29.6 Å². The quantitative estimate of drug-likeness (QED) is 0.526. The molecule has 3 aromatic rings. The predicted octanol–water partition coefficient (Wildman–Crippen LogP) is 5.61. The third kappa shape index (κ3) is 4.00. The Labute approximate surface area is 189 Å². The normalized spacial score (nSPS) is 19.6. The lowest BCUT2D eigenvalue weighted by molar-refractivity contribution is 0.352. The van der Waals surface area contributed by atoms with Gasteiger partial charge in [0.25, 0.3) is 0 Å². The number of para-hydroxylation sites is 2. The van der Waals surface area contributed by atoms with Crippen LogP contribution >= 0.6 is 0 Å². The Morgan fingerprint density at radius 1 is 0.750 bits per heavy atom. The van der Waals surface area contributed by atoms with Crippen molar-refractivity contribution in [2.45, 2.75) is 24.9 Å². The van der Waals surface area contributed by atoms with Gasteiger partial charge in [0.2, 0.25) is 0 Å². The Bertz CT molecular complexity index is 1100. The molecule has 32 heavy (non-hydrogen) atoms. The second-order valence-corrected chi connectivity index (χ2v) is 8.08. The van der Waals surface area contributed by atoms with E-state index in [-0.39, 0.29) is 6.04 Å². The number of anilines is 2. The van der Waals surface area contributed by atoms with E-state index in [0.29, 0.717) is 11.5 Å². The maximum Gasteiger partial charge on any atom is 0.161 e. The molecule has 4 rings (SSSR count). The first kappa shape index (κ1) is 21.7. The molecule has 2 unspecified atom stereocenters. The molecule has 6 heteroatoms. The van der Waals surface area contributed by atoms with Gasteiger partial charge in [-0.25, -0.2) is 0 Å². The first-order valence-electron chi connectivity index (χ1n) is 10.6. The highest BCUT2D eigenvalue weighted by atomic mass is 16.5. The van der Waals surface area contributed by atoms with Gasteiger partial charge in [-0.2, -0.15) is 0 Å². The topological polar surface area (TPSA) is 61.0 Å². The smallest absolute Gasteiger partial charge is 0.161 e. The van der Waals surface area contributed by atoms with Gasteiger partial charge in [0.05, 0.1) is 51.4 Å². The van der Waals surface area contributed by atoms with Gasteiger partial charge in [-0.05, 0) is 55.3 Å². The van der Waals surface area contributed by atoms with E-state index in [1.807, 2.05) is 36.4 Å². The molecule has 0 amide bonds. The van der Waals surface area contributed by atoms with Crippen LogP contribution in [0.15, 0.2) is 60.7 Å². The predicted molar refractivity (Wildman–Crippen MR) is 127 cm³/mol. The van der Waals surface area contributed by atoms with Crippen LogP contribution in [-0.2, 0) is 5.54 Å². The first-order chi connectivity index (χ1) is 15.5. The number of ether oxygens (including phenoxy) is 4. The van der Waals surface area contributed by atoms with Crippen molar-refractivity contribution in [3.63, 3.8) is 0 Å². The van der Waals surface area contributed by atoms with Crippen LogP contribution in [-0.4, -0.2) is 28.4 Å². The monoisotopic (exact) mass is 434 g/mol. The van der Waals surface area contributed by atoms with Gasteiger partial charge in [0.15, 0.2) is 11.5 Å². The lowest BCUT2D eigenvalue weighted by atomic mass is 9.83. The minimum Gasteiger partial charge on any atom is -0.497 e. The molecule has 2 N–H and O–H groups in total. The summed E-state index contributed by atoms with van der Waals surface area (Å²) in [5.74, 6) is 2.97. The molecule has 0 saturated heterocycles. The van der Waals surface area contributed by atoms with E-state index in [0.717, 1.165) is 40.4 Å². The Balaban J connectivity index is 1.83. The summed E-state index contributed by atoms with van der Waals surface area (Å²) in [6, 6.07) is 20.3. The van der Waals surface area contributed by atoms with Gasteiger partial charge in [-0.3, -0.25) is 0 Å². The van der Waals surface area contributed by atoms with Gasteiger partial charge in [0, 0.05) is 11.6 Å². The zero-order chi connectivity index (χ0) is 22.7. The van der Waals surface area contributed by atoms with Crippen molar-refractivity contribution in [2.75, 3.05) is 39.1 Å². The highest BCUT2D eigenvalue weighted by molar-refractivity contribution is 5.72. The van der Waals surface area contributed by atoms with Crippen molar-refractivity contribution < 1.29 is 18.9 Å². The van der Waals surface area contributed by atoms with E-state index < -0.39 is 5.54 Å². The Morgan fingerprint density at radius 2 is 1.47 bits per heavy atom. The van der Waals surface area contributed by atoms with Crippen LogP contribution in [0.5, 0.6) is 23.0 Å². The zero-order valence-electron chi connectivity index (χ0n) is 19.2. The second kappa shape index (κ2) is 8.91. The average molecular weight is 435 g/mol. The second-order valence-electron chi connectivity index (χ2n) is 8.08. The highest BCUT2D eigenvalue weighted by Gasteiger charge is 2.36. The minimum absolute atomic E-state index is 0.00916. The summed E-state index contributed by atoms with van der Waals surface area (Å²) in [5.41, 5.74) is 3.86. The summed E-state index contributed by atoms with van der Waals surface area (Å²) in [5, 5.41) is 7.50. The summed E-state index contributed by atoms with van der Waals surface area (Å²) >= 11 is 0. The Kier molecular flexibility index (Phi) is 6.04. The van der Waals surface area contributed by atoms with Crippen molar-refractivity contribution in [1.82, 2.24) is 0 Å². The standard InChI is InChI=1S/C26H30N2O4/c1-26(17-10-13-23(30-3)25(14-17)32-5)16-22(27-20-8-6-7-9-21(20)28-26)19-12-11-18(29-2)15-24(19)31-4/h6-15,22,27-28H,16H2,1-5H3. The summed E-state index contributed by atoms with van der Waals surface area (Å²) in [7, 11) is 6.66. The van der Waals surface area contributed by atoms with Crippen LogP contribution in [0.2, 0.25) is 0 Å². The van der Waals surface area contributed by atoms with Gasteiger partial charge >= 0.3 is 0 Å². The van der Waals surface area contributed by atoms with Gasteiger partial charge in [0.1, 0.15) is 11.5 Å². The van der Waals surface area contributed by atoms with E-state index in [2.05, 4.69) is 41.8 Å². The first-order valence-corrected chi connectivity index (χ1v) is 10.6. The third-order valence-corrected chi connectivity index (χ3v) is 6.12. The van der Waals surface area contributed by atoms with Gasteiger partial charge in [-0.1, -0.05) is 18.2 Å². The molecule has 0 fully saturated rings. The van der Waals surface area contributed by atoms with Crippen LogP contribution in [0.1, 0.15) is 30.5 Å². The molecule has 0 spiro atoms. The number of fused-ring (bicyclic) bond motifs is 1. The van der Waals surface area contributed by atoms with Crippen molar-refractivity contribution in [3.8, 4) is 23.0 Å². The Hall–Kier alpha value is -3.54. The van der Waals surface area contributed by atoms with Crippen LogP contribution in [0.4, 0.5) is 11.4 Å². The number of rotatable bonds is 6. The van der Waals surface area contributed by atoms with Crippen molar-refractivity contribution in [1.29, 1.82) is 0 Å². The molecular weight excluding hydrogens is 404 g/mol. The molecule has 168 valence electrons. The molecule has 1 heterocycles. The summed E-state index contributed by atoms with van der Waals surface area (Å²) in [4.78, 5) is 0. The molecule has 0 aromatic heterocycles. The molecule has 0 saturated carbocycles. The minimum atomic E-state index is -0.394. The molecule has 0 radical (unpaired) electrons. The molecule has 1 aliphatic heterocycles. The Morgan fingerprint density at radius 3 is 2.16 bits per heavy atom. The third-order valence-electron chi connectivity index (χ3n) is 6.12. The maximum absolute atomic E-state index is 5.73. The van der Waals surface area contributed by atoms with Crippen LogP contribution in [0, 0.1) is 0 Å².